The third-order valence-corrected chi connectivity index (χ3v) is 5.36. The normalized spacial score (nSPS) is 11.9. The van der Waals surface area contributed by atoms with Gasteiger partial charge in [0.05, 0.1) is 35.4 Å². The van der Waals surface area contributed by atoms with Gasteiger partial charge in [-0.1, -0.05) is 30.3 Å². The Morgan fingerprint density at radius 1 is 0.562 bits per heavy atom. The molecule has 3 aromatic heterocycles. The quantitative estimate of drug-likeness (QED) is 0.409. The summed E-state index contributed by atoms with van der Waals surface area (Å²) in [5.41, 5.74) is 5.81. The van der Waals surface area contributed by atoms with E-state index in [1.54, 1.807) is 0 Å². The predicted molar refractivity (Wildman–Crippen MR) is 129 cm³/mol. The van der Waals surface area contributed by atoms with E-state index in [4.69, 9.17) is 15.0 Å². The Bertz CT molecular complexity index is 1290. The maximum Gasteiger partial charge on any atom is 0.160 e. The van der Waals surface area contributed by atoms with E-state index < -0.39 is 0 Å². The van der Waals surface area contributed by atoms with Crippen molar-refractivity contribution in [2.45, 2.75) is 13.3 Å². The molecule has 32 heavy (non-hydrogen) atoms. The molecule has 0 saturated carbocycles. The molecule has 0 saturated heterocycles. The first-order valence-electron chi connectivity index (χ1n) is 10.7. The number of hydrogen-bond acceptors (Lipinski definition) is 5. The van der Waals surface area contributed by atoms with Crippen LogP contribution in [0.5, 0.6) is 0 Å². The second-order valence-corrected chi connectivity index (χ2v) is 8.55. The van der Waals surface area contributed by atoms with Gasteiger partial charge in [0.2, 0.25) is 0 Å². The van der Waals surface area contributed by atoms with Crippen LogP contribution in [0.25, 0.3) is 45.1 Å². The fourth-order valence-electron chi connectivity index (χ4n) is 4.08. The number of fused-ring (bicyclic) bond motifs is 2. The Kier molecular flexibility index (Phi) is 5.20. The molecule has 7 nitrogen and oxygen atoms in total. The van der Waals surface area contributed by atoms with Crippen LogP contribution >= 0.6 is 0 Å². The number of aromatic nitrogens is 5. The Hall–Kier alpha value is -3.55. The standard InChI is InChI=1S/C25H27N7/c1-29(2)16-31-22-14-7-5-10-18(22)27-24(31)20-12-9-13-21(26-20)25-28-19-11-6-8-15-23(19)32(25)17-30(3)4/h5-15H,16-17H2,1-4H3. The summed E-state index contributed by atoms with van der Waals surface area (Å²) < 4.78 is 4.43. The first-order valence-corrected chi connectivity index (χ1v) is 10.7. The molecule has 162 valence electrons. The van der Waals surface area contributed by atoms with Crippen molar-refractivity contribution < 1.29 is 0 Å². The Balaban J connectivity index is 1.68. The van der Waals surface area contributed by atoms with E-state index in [2.05, 4.69) is 59.3 Å². The molecule has 0 fully saturated rings. The molecule has 5 rings (SSSR count). The first-order chi connectivity index (χ1) is 15.5. The summed E-state index contributed by atoms with van der Waals surface area (Å²) in [7, 11) is 8.25. The van der Waals surface area contributed by atoms with Crippen LogP contribution in [0.4, 0.5) is 0 Å². The van der Waals surface area contributed by atoms with E-state index in [0.29, 0.717) is 0 Å². The third kappa shape index (κ3) is 3.66. The van der Waals surface area contributed by atoms with E-state index in [0.717, 1.165) is 58.4 Å². The average molecular weight is 426 g/mol. The molecule has 0 unspecified atom stereocenters. The van der Waals surface area contributed by atoms with Crippen LogP contribution in [0.3, 0.4) is 0 Å². The minimum Gasteiger partial charge on any atom is -0.309 e. The lowest BCUT2D eigenvalue weighted by Gasteiger charge is -2.16. The molecule has 5 aromatic rings. The van der Waals surface area contributed by atoms with Crippen molar-refractivity contribution in [3.05, 3.63) is 66.7 Å². The van der Waals surface area contributed by atoms with E-state index >= 15 is 0 Å². The van der Waals surface area contributed by atoms with Gasteiger partial charge in [0.1, 0.15) is 11.4 Å². The number of hydrogen-bond donors (Lipinski definition) is 0. The maximum atomic E-state index is 5.04. The summed E-state index contributed by atoms with van der Waals surface area (Å²) in [6.45, 7) is 1.45. The van der Waals surface area contributed by atoms with Crippen molar-refractivity contribution in [2.75, 3.05) is 28.2 Å². The minimum absolute atomic E-state index is 0.723. The molecule has 0 bridgehead atoms. The highest BCUT2D eigenvalue weighted by molar-refractivity contribution is 5.82. The molecule has 0 N–H and O–H groups in total. The van der Waals surface area contributed by atoms with Gasteiger partial charge >= 0.3 is 0 Å². The molecule has 0 atom stereocenters. The summed E-state index contributed by atoms with van der Waals surface area (Å²) >= 11 is 0. The number of rotatable bonds is 6. The van der Waals surface area contributed by atoms with Gasteiger partial charge < -0.3 is 9.13 Å². The lowest BCUT2D eigenvalue weighted by atomic mass is 10.2. The number of para-hydroxylation sites is 4. The van der Waals surface area contributed by atoms with Crippen LogP contribution in [0.1, 0.15) is 0 Å². The SMILES string of the molecule is CN(C)Cn1c(-c2cccc(-c3nc4ccccc4n3CN(C)C)n2)nc2ccccc21. The fourth-order valence-corrected chi connectivity index (χ4v) is 4.08. The van der Waals surface area contributed by atoms with Crippen LogP contribution < -0.4 is 0 Å². The Morgan fingerprint density at radius 2 is 1.00 bits per heavy atom. The molecule has 0 aliphatic heterocycles. The highest BCUT2D eigenvalue weighted by Gasteiger charge is 2.18. The van der Waals surface area contributed by atoms with Gasteiger partial charge in [-0.25, -0.2) is 15.0 Å². The van der Waals surface area contributed by atoms with Crippen molar-refractivity contribution in [3.63, 3.8) is 0 Å². The van der Waals surface area contributed by atoms with E-state index in [-0.39, 0.29) is 0 Å². The summed E-state index contributed by atoms with van der Waals surface area (Å²) in [5.74, 6) is 1.72. The minimum atomic E-state index is 0.723. The smallest absolute Gasteiger partial charge is 0.160 e. The predicted octanol–water partition coefficient (Wildman–Crippen LogP) is 4.15. The monoisotopic (exact) mass is 425 g/mol. The molecule has 0 radical (unpaired) electrons. The number of imidazole rings is 2. The summed E-state index contributed by atoms with van der Waals surface area (Å²) in [6.07, 6.45) is 0. The summed E-state index contributed by atoms with van der Waals surface area (Å²) in [5, 5.41) is 0. The molecule has 0 aliphatic carbocycles. The van der Waals surface area contributed by atoms with Gasteiger partial charge in [-0.3, -0.25) is 9.80 Å². The van der Waals surface area contributed by atoms with Crippen molar-refractivity contribution in [3.8, 4) is 23.0 Å². The summed E-state index contributed by atoms with van der Waals surface area (Å²) in [6, 6.07) is 22.5. The second-order valence-electron chi connectivity index (χ2n) is 8.55. The molecule has 2 aromatic carbocycles. The van der Waals surface area contributed by atoms with Crippen LogP contribution in [-0.4, -0.2) is 62.1 Å². The molecule has 7 heteroatoms. The average Bonchev–Trinajstić information content (AvgIpc) is 3.32. The highest BCUT2D eigenvalue weighted by atomic mass is 15.3. The number of nitrogens with zero attached hydrogens (tertiary/aromatic N) is 7. The van der Waals surface area contributed by atoms with Gasteiger partial charge in [0, 0.05) is 0 Å². The van der Waals surface area contributed by atoms with Crippen LogP contribution in [0, 0.1) is 0 Å². The molecule has 0 spiro atoms. The van der Waals surface area contributed by atoms with E-state index in [1.165, 1.54) is 0 Å². The highest BCUT2D eigenvalue weighted by Crippen LogP contribution is 2.28. The van der Waals surface area contributed by atoms with Gasteiger partial charge in [-0.15, -0.1) is 0 Å². The molecule has 0 amide bonds. The van der Waals surface area contributed by atoms with Gasteiger partial charge in [0.25, 0.3) is 0 Å². The Morgan fingerprint density at radius 3 is 1.44 bits per heavy atom. The van der Waals surface area contributed by atoms with Crippen molar-refractivity contribution in [1.82, 2.24) is 33.9 Å². The van der Waals surface area contributed by atoms with Crippen molar-refractivity contribution in [2.24, 2.45) is 0 Å². The molecule has 3 heterocycles. The van der Waals surface area contributed by atoms with Crippen LogP contribution in [0.2, 0.25) is 0 Å². The zero-order chi connectivity index (χ0) is 22.2. The molecular weight excluding hydrogens is 398 g/mol. The second kappa shape index (κ2) is 8.18. The van der Waals surface area contributed by atoms with Crippen LogP contribution in [-0.2, 0) is 13.3 Å². The van der Waals surface area contributed by atoms with Crippen molar-refractivity contribution >= 4 is 22.1 Å². The first kappa shape index (κ1) is 20.4. The van der Waals surface area contributed by atoms with E-state index in [1.807, 2.05) is 54.6 Å². The van der Waals surface area contributed by atoms with Crippen molar-refractivity contribution in [1.29, 1.82) is 0 Å². The number of pyridine rings is 1. The molecule has 0 aliphatic rings. The maximum absolute atomic E-state index is 5.04. The van der Waals surface area contributed by atoms with Crippen LogP contribution in [0.15, 0.2) is 66.7 Å². The van der Waals surface area contributed by atoms with Gasteiger partial charge in [-0.2, -0.15) is 0 Å². The zero-order valence-corrected chi connectivity index (χ0v) is 18.9. The topological polar surface area (TPSA) is 55.0 Å². The fraction of sp³-hybridized carbons (Fsp3) is 0.240. The van der Waals surface area contributed by atoms with E-state index in [9.17, 15) is 0 Å². The molecular formula is C25H27N7. The van der Waals surface area contributed by atoms with Gasteiger partial charge in [-0.05, 0) is 64.6 Å². The lowest BCUT2D eigenvalue weighted by molar-refractivity contribution is 0.333. The van der Waals surface area contributed by atoms with Gasteiger partial charge in [0.15, 0.2) is 11.6 Å². The largest absolute Gasteiger partial charge is 0.309 e. The zero-order valence-electron chi connectivity index (χ0n) is 18.9. The lowest BCUT2D eigenvalue weighted by Crippen LogP contribution is -2.18. The summed E-state index contributed by atoms with van der Waals surface area (Å²) in [4.78, 5) is 19.2. The third-order valence-electron chi connectivity index (χ3n) is 5.36. The Labute approximate surface area is 187 Å². The number of benzene rings is 2.